The van der Waals surface area contributed by atoms with Gasteiger partial charge in [0.05, 0.1) is 5.92 Å². The lowest BCUT2D eigenvalue weighted by atomic mass is 9.95. The minimum atomic E-state index is -0.0741. The predicted molar refractivity (Wildman–Crippen MR) is 134 cm³/mol. The topological polar surface area (TPSA) is 49.3 Å². The Labute approximate surface area is 197 Å². The van der Waals surface area contributed by atoms with Crippen molar-refractivity contribution >= 4 is 11.7 Å². The van der Waals surface area contributed by atoms with E-state index in [0.717, 1.165) is 68.3 Å². The molecule has 0 saturated carbocycles. The first-order valence-corrected chi connectivity index (χ1v) is 12.0. The lowest BCUT2D eigenvalue weighted by Gasteiger charge is -2.27. The van der Waals surface area contributed by atoms with E-state index in [2.05, 4.69) is 65.0 Å². The average Bonchev–Trinajstić information content (AvgIpc) is 3.09. The molecular formula is C28H34N4O. The molecule has 1 aliphatic rings. The van der Waals surface area contributed by atoms with Crippen molar-refractivity contribution in [3.63, 3.8) is 0 Å². The van der Waals surface area contributed by atoms with Crippen molar-refractivity contribution in [1.82, 2.24) is 14.9 Å². The summed E-state index contributed by atoms with van der Waals surface area (Å²) in [5.74, 6) is 1.99. The summed E-state index contributed by atoms with van der Waals surface area (Å²) in [6, 6.07) is 20.7. The number of anilines is 1. The molecule has 0 spiro atoms. The standard InChI is InChI=1S/C28H34N4O/c1-4-25(24-14-9-6-10-15-24)28(33)32-17-11-16-31(18-19-32)27-26(21(2)29-22(3)30-27)20-23-12-7-5-8-13-23/h5-10,12-15,25H,4,11,16-20H2,1-3H3. The van der Waals surface area contributed by atoms with Gasteiger partial charge in [-0.25, -0.2) is 9.97 Å². The number of hydrogen-bond acceptors (Lipinski definition) is 4. The fraction of sp³-hybridized carbons (Fsp3) is 0.393. The number of carbonyl (C=O) groups is 1. The highest BCUT2D eigenvalue weighted by Gasteiger charge is 2.27. The van der Waals surface area contributed by atoms with Crippen LogP contribution in [0.4, 0.5) is 5.82 Å². The number of aromatic nitrogens is 2. The van der Waals surface area contributed by atoms with Gasteiger partial charge in [0.1, 0.15) is 11.6 Å². The molecule has 1 unspecified atom stereocenters. The van der Waals surface area contributed by atoms with Gasteiger partial charge in [0, 0.05) is 43.9 Å². The fourth-order valence-electron chi connectivity index (χ4n) is 4.79. The van der Waals surface area contributed by atoms with Crippen molar-refractivity contribution in [3.8, 4) is 0 Å². The van der Waals surface area contributed by atoms with Crippen LogP contribution in [0.25, 0.3) is 0 Å². The molecule has 0 radical (unpaired) electrons. The molecule has 1 atom stereocenters. The lowest BCUT2D eigenvalue weighted by molar-refractivity contribution is -0.132. The number of amides is 1. The Bertz CT molecular complexity index is 1070. The minimum absolute atomic E-state index is 0.0741. The molecule has 4 rings (SSSR count). The summed E-state index contributed by atoms with van der Waals surface area (Å²) in [6.45, 7) is 9.32. The van der Waals surface area contributed by atoms with Gasteiger partial charge in [-0.05, 0) is 37.8 Å². The smallest absolute Gasteiger partial charge is 0.230 e. The van der Waals surface area contributed by atoms with Crippen LogP contribution in [0.5, 0.6) is 0 Å². The zero-order valence-corrected chi connectivity index (χ0v) is 20.0. The van der Waals surface area contributed by atoms with Crippen LogP contribution in [0.3, 0.4) is 0 Å². The van der Waals surface area contributed by atoms with Crippen molar-refractivity contribution in [2.45, 2.75) is 46.0 Å². The van der Waals surface area contributed by atoms with Crippen LogP contribution >= 0.6 is 0 Å². The van der Waals surface area contributed by atoms with Crippen LogP contribution in [0.15, 0.2) is 60.7 Å². The van der Waals surface area contributed by atoms with Crippen molar-refractivity contribution in [1.29, 1.82) is 0 Å². The summed E-state index contributed by atoms with van der Waals surface area (Å²) in [6.07, 6.45) is 2.56. The van der Waals surface area contributed by atoms with E-state index < -0.39 is 0 Å². The normalized spacial score (nSPS) is 15.2. The number of nitrogens with zero attached hydrogens (tertiary/aromatic N) is 4. The van der Waals surface area contributed by atoms with Crippen molar-refractivity contribution in [2.75, 3.05) is 31.1 Å². The van der Waals surface area contributed by atoms with E-state index in [1.165, 1.54) is 11.1 Å². The molecule has 2 aromatic carbocycles. The predicted octanol–water partition coefficient (Wildman–Crippen LogP) is 4.92. The monoisotopic (exact) mass is 442 g/mol. The third-order valence-corrected chi connectivity index (χ3v) is 6.54. The Morgan fingerprint density at radius 3 is 2.30 bits per heavy atom. The van der Waals surface area contributed by atoms with Gasteiger partial charge in [-0.2, -0.15) is 0 Å². The zero-order chi connectivity index (χ0) is 23.2. The first-order valence-electron chi connectivity index (χ1n) is 12.0. The molecule has 5 nitrogen and oxygen atoms in total. The van der Waals surface area contributed by atoms with E-state index in [1.807, 2.05) is 31.2 Å². The molecule has 172 valence electrons. The Hall–Kier alpha value is -3.21. The third kappa shape index (κ3) is 5.41. The molecule has 1 fully saturated rings. The average molecular weight is 443 g/mol. The van der Waals surface area contributed by atoms with E-state index in [4.69, 9.17) is 4.98 Å². The van der Waals surface area contributed by atoms with Crippen LogP contribution in [0, 0.1) is 13.8 Å². The summed E-state index contributed by atoms with van der Waals surface area (Å²) in [5, 5.41) is 0. The van der Waals surface area contributed by atoms with Crippen LogP contribution < -0.4 is 4.90 Å². The molecule has 2 heterocycles. The van der Waals surface area contributed by atoms with E-state index in [0.29, 0.717) is 0 Å². The highest BCUT2D eigenvalue weighted by Crippen LogP contribution is 2.27. The van der Waals surface area contributed by atoms with Crippen molar-refractivity contribution < 1.29 is 4.79 Å². The molecular weight excluding hydrogens is 408 g/mol. The second-order valence-corrected chi connectivity index (χ2v) is 8.86. The highest BCUT2D eigenvalue weighted by atomic mass is 16.2. The molecule has 0 aliphatic carbocycles. The summed E-state index contributed by atoms with van der Waals surface area (Å²) < 4.78 is 0. The molecule has 0 N–H and O–H groups in total. The van der Waals surface area contributed by atoms with E-state index in [9.17, 15) is 4.79 Å². The molecule has 3 aromatic rings. The van der Waals surface area contributed by atoms with Crippen LogP contribution in [-0.2, 0) is 11.2 Å². The maximum absolute atomic E-state index is 13.4. The summed E-state index contributed by atoms with van der Waals surface area (Å²) in [4.78, 5) is 27.4. The molecule has 1 aliphatic heterocycles. The first kappa shape index (κ1) is 23.0. The van der Waals surface area contributed by atoms with Gasteiger partial charge in [0.25, 0.3) is 0 Å². The summed E-state index contributed by atoms with van der Waals surface area (Å²) in [5.41, 5.74) is 4.59. The summed E-state index contributed by atoms with van der Waals surface area (Å²) >= 11 is 0. The Morgan fingerprint density at radius 2 is 1.61 bits per heavy atom. The largest absolute Gasteiger partial charge is 0.354 e. The Morgan fingerprint density at radius 1 is 0.909 bits per heavy atom. The van der Waals surface area contributed by atoms with Gasteiger partial charge in [-0.1, -0.05) is 67.6 Å². The number of benzene rings is 2. The SMILES string of the molecule is CCC(C(=O)N1CCCN(c2nc(C)nc(C)c2Cc2ccccc2)CC1)c1ccccc1. The van der Waals surface area contributed by atoms with Crippen LogP contribution in [-0.4, -0.2) is 47.0 Å². The molecule has 1 amide bonds. The zero-order valence-electron chi connectivity index (χ0n) is 20.0. The van der Waals surface area contributed by atoms with E-state index >= 15 is 0 Å². The Balaban J connectivity index is 1.53. The number of hydrogen-bond donors (Lipinski definition) is 0. The van der Waals surface area contributed by atoms with Crippen molar-refractivity contribution in [3.05, 3.63) is 88.9 Å². The van der Waals surface area contributed by atoms with E-state index in [-0.39, 0.29) is 11.8 Å². The molecule has 0 bridgehead atoms. The number of rotatable bonds is 6. The quantitative estimate of drug-likeness (QED) is 0.544. The van der Waals surface area contributed by atoms with Gasteiger partial charge in [0.15, 0.2) is 0 Å². The summed E-state index contributed by atoms with van der Waals surface area (Å²) in [7, 11) is 0. The van der Waals surface area contributed by atoms with E-state index in [1.54, 1.807) is 0 Å². The van der Waals surface area contributed by atoms with Gasteiger partial charge in [-0.3, -0.25) is 4.79 Å². The van der Waals surface area contributed by atoms with Gasteiger partial charge in [0.2, 0.25) is 5.91 Å². The van der Waals surface area contributed by atoms with Crippen LogP contribution in [0.1, 0.15) is 53.9 Å². The second-order valence-electron chi connectivity index (χ2n) is 8.86. The molecule has 33 heavy (non-hydrogen) atoms. The maximum atomic E-state index is 13.4. The Kier molecular flexibility index (Phi) is 7.38. The lowest BCUT2D eigenvalue weighted by Crippen LogP contribution is -2.38. The molecule has 5 heteroatoms. The minimum Gasteiger partial charge on any atom is -0.354 e. The van der Waals surface area contributed by atoms with Crippen LogP contribution in [0.2, 0.25) is 0 Å². The third-order valence-electron chi connectivity index (χ3n) is 6.54. The van der Waals surface area contributed by atoms with Gasteiger partial charge >= 0.3 is 0 Å². The van der Waals surface area contributed by atoms with Gasteiger partial charge in [-0.15, -0.1) is 0 Å². The van der Waals surface area contributed by atoms with Gasteiger partial charge < -0.3 is 9.80 Å². The highest BCUT2D eigenvalue weighted by molar-refractivity contribution is 5.83. The molecule has 1 saturated heterocycles. The number of carbonyl (C=O) groups excluding carboxylic acids is 1. The number of aryl methyl sites for hydroxylation is 2. The first-order chi connectivity index (χ1) is 16.1. The second kappa shape index (κ2) is 10.6. The maximum Gasteiger partial charge on any atom is 0.230 e. The molecule has 1 aromatic heterocycles. The fourth-order valence-corrected chi connectivity index (χ4v) is 4.79. The van der Waals surface area contributed by atoms with Crippen molar-refractivity contribution in [2.24, 2.45) is 0 Å².